The van der Waals surface area contributed by atoms with Crippen molar-refractivity contribution in [1.29, 1.82) is 0 Å². The molecule has 2 nitrogen and oxygen atoms in total. The molecule has 0 amide bonds. The monoisotopic (exact) mass is 392 g/mol. The average molecular weight is 393 g/mol. The van der Waals surface area contributed by atoms with Gasteiger partial charge in [0, 0.05) is 22.7 Å². The molecular weight excluding hydrogens is 364 g/mol. The van der Waals surface area contributed by atoms with Crippen molar-refractivity contribution in [3.63, 3.8) is 0 Å². The highest BCUT2D eigenvalue weighted by atomic mass is 14.9. The molecule has 4 aromatic carbocycles. The van der Waals surface area contributed by atoms with Gasteiger partial charge in [-0.2, -0.15) is 0 Å². The molecule has 0 aliphatic carbocycles. The van der Waals surface area contributed by atoms with Crippen molar-refractivity contribution < 1.29 is 0 Å². The first-order valence-corrected chi connectivity index (χ1v) is 10.4. The SMILES string of the molecule is Cc1cc(C)cc(Nc2ccc(-c3ccc(Nc4cc(C)cc(C)c4)cc3)cc2)c1. The van der Waals surface area contributed by atoms with Gasteiger partial charge in [-0.25, -0.2) is 0 Å². The number of anilines is 4. The Balaban J connectivity index is 1.46. The fraction of sp³-hybridized carbons (Fsp3) is 0.143. The number of aryl methyl sites for hydroxylation is 4. The van der Waals surface area contributed by atoms with Gasteiger partial charge in [0.1, 0.15) is 0 Å². The van der Waals surface area contributed by atoms with Crippen molar-refractivity contribution in [2.24, 2.45) is 0 Å². The first-order valence-electron chi connectivity index (χ1n) is 10.4. The minimum absolute atomic E-state index is 1.09. The standard InChI is InChI=1S/C28H28N2/c1-19-13-20(2)16-27(15-19)29-25-9-5-23(6-10-25)24-7-11-26(12-8-24)30-28-17-21(3)14-22(4)18-28/h5-18,29-30H,1-4H3. The van der Waals surface area contributed by atoms with Crippen LogP contribution in [0, 0.1) is 27.7 Å². The van der Waals surface area contributed by atoms with E-state index in [-0.39, 0.29) is 0 Å². The number of benzene rings is 4. The zero-order chi connectivity index (χ0) is 21.1. The predicted molar refractivity (Wildman–Crippen MR) is 130 cm³/mol. The Morgan fingerprint density at radius 2 is 0.667 bits per heavy atom. The third-order valence-corrected chi connectivity index (χ3v) is 5.12. The van der Waals surface area contributed by atoms with E-state index in [1.54, 1.807) is 0 Å². The number of hydrogen-bond donors (Lipinski definition) is 2. The molecule has 0 unspecified atom stereocenters. The first-order chi connectivity index (χ1) is 14.4. The third-order valence-electron chi connectivity index (χ3n) is 5.12. The summed E-state index contributed by atoms with van der Waals surface area (Å²) in [7, 11) is 0. The Labute approximate surface area is 179 Å². The van der Waals surface area contributed by atoms with Crippen molar-refractivity contribution >= 4 is 22.7 Å². The van der Waals surface area contributed by atoms with Crippen LogP contribution in [0.4, 0.5) is 22.7 Å². The van der Waals surface area contributed by atoms with Crippen molar-refractivity contribution in [3.8, 4) is 11.1 Å². The second-order valence-electron chi connectivity index (χ2n) is 8.16. The number of hydrogen-bond acceptors (Lipinski definition) is 2. The van der Waals surface area contributed by atoms with Crippen LogP contribution in [0.15, 0.2) is 84.9 Å². The van der Waals surface area contributed by atoms with E-state index in [4.69, 9.17) is 0 Å². The van der Waals surface area contributed by atoms with E-state index in [0.29, 0.717) is 0 Å². The molecule has 30 heavy (non-hydrogen) atoms. The largest absolute Gasteiger partial charge is 0.356 e. The predicted octanol–water partition coefficient (Wildman–Crippen LogP) is 8.07. The lowest BCUT2D eigenvalue weighted by atomic mass is 10.0. The minimum atomic E-state index is 1.09. The van der Waals surface area contributed by atoms with Crippen molar-refractivity contribution in [2.45, 2.75) is 27.7 Å². The molecule has 0 heterocycles. The van der Waals surface area contributed by atoms with Crippen LogP contribution in [0.1, 0.15) is 22.3 Å². The third kappa shape index (κ3) is 4.90. The maximum atomic E-state index is 3.50. The number of rotatable bonds is 5. The molecule has 2 N–H and O–H groups in total. The summed E-state index contributed by atoms with van der Waals surface area (Å²) in [6.45, 7) is 8.50. The molecule has 0 radical (unpaired) electrons. The lowest BCUT2D eigenvalue weighted by Gasteiger charge is -2.11. The lowest BCUT2D eigenvalue weighted by molar-refractivity contribution is 1.37. The van der Waals surface area contributed by atoms with E-state index < -0.39 is 0 Å². The van der Waals surface area contributed by atoms with Crippen LogP contribution in [0.3, 0.4) is 0 Å². The van der Waals surface area contributed by atoms with Gasteiger partial charge in [-0.15, -0.1) is 0 Å². The smallest absolute Gasteiger partial charge is 0.0389 e. The Hall–Kier alpha value is -3.52. The van der Waals surface area contributed by atoms with E-state index in [2.05, 4.69) is 123 Å². The zero-order valence-electron chi connectivity index (χ0n) is 18.1. The molecule has 0 spiro atoms. The Morgan fingerprint density at radius 1 is 0.367 bits per heavy atom. The molecule has 0 atom stereocenters. The molecule has 0 fully saturated rings. The molecule has 4 rings (SSSR count). The van der Waals surface area contributed by atoms with Crippen molar-refractivity contribution in [1.82, 2.24) is 0 Å². The summed E-state index contributed by atoms with van der Waals surface area (Å²) < 4.78 is 0. The summed E-state index contributed by atoms with van der Waals surface area (Å²) in [6, 6.07) is 30.2. The fourth-order valence-corrected chi connectivity index (χ4v) is 3.92. The summed E-state index contributed by atoms with van der Waals surface area (Å²) in [5, 5.41) is 7.00. The molecule has 2 heteroatoms. The normalized spacial score (nSPS) is 10.7. The summed E-state index contributed by atoms with van der Waals surface area (Å²) >= 11 is 0. The van der Waals surface area contributed by atoms with Gasteiger partial charge in [-0.3, -0.25) is 0 Å². The van der Waals surface area contributed by atoms with Crippen LogP contribution >= 0.6 is 0 Å². The zero-order valence-corrected chi connectivity index (χ0v) is 18.1. The quantitative estimate of drug-likeness (QED) is 0.359. The highest BCUT2D eigenvalue weighted by Gasteiger charge is 2.02. The highest BCUT2D eigenvalue weighted by Crippen LogP contribution is 2.27. The van der Waals surface area contributed by atoms with Gasteiger partial charge in [0.05, 0.1) is 0 Å². The lowest BCUT2D eigenvalue weighted by Crippen LogP contribution is -1.92. The summed E-state index contributed by atoms with van der Waals surface area (Å²) in [6.07, 6.45) is 0. The molecular formula is C28H28N2. The molecule has 0 saturated heterocycles. The Bertz CT molecular complexity index is 1020. The molecule has 0 aromatic heterocycles. The molecule has 4 aromatic rings. The van der Waals surface area contributed by atoms with Crippen LogP contribution in [-0.2, 0) is 0 Å². The van der Waals surface area contributed by atoms with E-state index in [1.165, 1.54) is 33.4 Å². The number of nitrogens with one attached hydrogen (secondary N) is 2. The van der Waals surface area contributed by atoms with Gasteiger partial charge in [-0.05, 0) is 110 Å². The van der Waals surface area contributed by atoms with E-state index in [9.17, 15) is 0 Å². The molecule has 0 aliphatic heterocycles. The summed E-state index contributed by atoms with van der Waals surface area (Å²) in [4.78, 5) is 0. The van der Waals surface area contributed by atoms with Crippen LogP contribution in [-0.4, -0.2) is 0 Å². The molecule has 0 aliphatic rings. The van der Waals surface area contributed by atoms with Gasteiger partial charge >= 0.3 is 0 Å². The van der Waals surface area contributed by atoms with Crippen LogP contribution in [0.5, 0.6) is 0 Å². The van der Waals surface area contributed by atoms with E-state index in [0.717, 1.165) is 22.7 Å². The molecule has 0 saturated carbocycles. The maximum absolute atomic E-state index is 3.50. The minimum Gasteiger partial charge on any atom is -0.356 e. The van der Waals surface area contributed by atoms with Crippen molar-refractivity contribution in [3.05, 3.63) is 107 Å². The topological polar surface area (TPSA) is 24.1 Å². The van der Waals surface area contributed by atoms with E-state index in [1.807, 2.05) is 0 Å². The van der Waals surface area contributed by atoms with Gasteiger partial charge in [0.25, 0.3) is 0 Å². The van der Waals surface area contributed by atoms with Crippen molar-refractivity contribution in [2.75, 3.05) is 10.6 Å². The van der Waals surface area contributed by atoms with Gasteiger partial charge < -0.3 is 10.6 Å². The average Bonchev–Trinajstić information content (AvgIpc) is 2.68. The van der Waals surface area contributed by atoms with Crippen LogP contribution < -0.4 is 10.6 Å². The van der Waals surface area contributed by atoms with Gasteiger partial charge in [0.15, 0.2) is 0 Å². The molecule has 150 valence electrons. The Morgan fingerprint density at radius 3 is 0.967 bits per heavy atom. The summed E-state index contributed by atoms with van der Waals surface area (Å²) in [5.74, 6) is 0. The van der Waals surface area contributed by atoms with Crippen LogP contribution in [0.2, 0.25) is 0 Å². The highest BCUT2D eigenvalue weighted by molar-refractivity contribution is 5.71. The second-order valence-corrected chi connectivity index (χ2v) is 8.16. The first kappa shape index (κ1) is 19.8. The van der Waals surface area contributed by atoms with Gasteiger partial charge in [0.2, 0.25) is 0 Å². The Kier molecular flexibility index (Phi) is 5.58. The van der Waals surface area contributed by atoms with Crippen LogP contribution in [0.25, 0.3) is 11.1 Å². The molecule has 0 bridgehead atoms. The second kappa shape index (κ2) is 8.46. The van der Waals surface area contributed by atoms with E-state index >= 15 is 0 Å². The summed E-state index contributed by atoms with van der Waals surface area (Å²) in [5.41, 5.74) is 11.9. The fourth-order valence-electron chi connectivity index (χ4n) is 3.92. The maximum Gasteiger partial charge on any atom is 0.0389 e. The van der Waals surface area contributed by atoms with Gasteiger partial charge in [-0.1, -0.05) is 36.4 Å².